The maximum Gasteiger partial charge on any atom is 0.0280 e. The van der Waals surface area contributed by atoms with E-state index in [1.807, 2.05) is 0 Å². The van der Waals surface area contributed by atoms with E-state index >= 15 is 0 Å². The molecule has 16 heavy (non-hydrogen) atoms. The van der Waals surface area contributed by atoms with Crippen molar-refractivity contribution in [3.8, 4) is 0 Å². The Labute approximate surface area is 101 Å². The number of allylic oxidation sites excluding steroid dienone is 1. The summed E-state index contributed by atoms with van der Waals surface area (Å²) in [5.74, 6) is 0.736. The highest BCUT2D eigenvalue weighted by Crippen LogP contribution is 2.31. The first kappa shape index (κ1) is 13.7. The number of likely N-dealkylation sites (N-methyl/N-ethyl adjacent to an activating group) is 1. The molecule has 2 heteroatoms. The van der Waals surface area contributed by atoms with E-state index < -0.39 is 0 Å². The topological polar surface area (TPSA) is 24.1 Å². The second kappa shape index (κ2) is 5.83. The molecule has 1 aliphatic rings. The van der Waals surface area contributed by atoms with Gasteiger partial charge in [0.15, 0.2) is 0 Å². The minimum absolute atomic E-state index is 0.250. The molecule has 2 atom stereocenters. The summed E-state index contributed by atoms with van der Waals surface area (Å²) in [5, 5.41) is 7.19. The van der Waals surface area contributed by atoms with Gasteiger partial charge < -0.3 is 10.6 Å². The van der Waals surface area contributed by atoms with Crippen LogP contribution in [-0.2, 0) is 0 Å². The zero-order chi connectivity index (χ0) is 12.2. The summed E-state index contributed by atoms with van der Waals surface area (Å²) in [6, 6.07) is 0.585. The van der Waals surface area contributed by atoms with Crippen molar-refractivity contribution in [1.29, 1.82) is 0 Å². The molecule has 0 radical (unpaired) electrons. The molecule has 94 valence electrons. The quantitative estimate of drug-likeness (QED) is 0.702. The molecule has 0 unspecified atom stereocenters. The van der Waals surface area contributed by atoms with Crippen LogP contribution in [0.2, 0.25) is 0 Å². The lowest BCUT2D eigenvalue weighted by molar-refractivity contribution is 0.221. The van der Waals surface area contributed by atoms with Crippen molar-refractivity contribution in [2.24, 2.45) is 5.92 Å². The fraction of sp³-hybridized carbons (Fsp3) is 0.857. The summed E-state index contributed by atoms with van der Waals surface area (Å²) in [5.41, 5.74) is 1.77. The summed E-state index contributed by atoms with van der Waals surface area (Å²) < 4.78 is 0. The van der Waals surface area contributed by atoms with E-state index in [4.69, 9.17) is 0 Å². The van der Waals surface area contributed by atoms with Crippen LogP contribution in [0.3, 0.4) is 0 Å². The van der Waals surface area contributed by atoms with Crippen LogP contribution in [0, 0.1) is 5.92 Å². The minimum atomic E-state index is 0.250. The summed E-state index contributed by atoms with van der Waals surface area (Å²) in [4.78, 5) is 0. The third-order valence-corrected chi connectivity index (χ3v) is 3.90. The van der Waals surface area contributed by atoms with Crippen LogP contribution in [0.15, 0.2) is 11.6 Å². The molecule has 0 aromatic carbocycles. The predicted molar refractivity (Wildman–Crippen MR) is 71.7 cm³/mol. The van der Waals surface area contributed by atoms with Crippen LogP contribution in [0.1, 0.15) is 47.5 Å². The van der Waals surface area contributed by atoms with Gasteiger partial charge in [-0.3, -0.25) is 0 Å². The molecule has 2 N–H and O–H groups in total. The Hall–Kier alpha value is -0.340. The summed E-state index contributed by atoms with van der Waals surface area (Å²) in [6.07, 6.45) is 4.89. The number of hydrogen-bond acceptors (Lipinski definition) is 2. The lowest BCUT2D eigenvalue weighted by Crippen LogP contribution is -2.49. The molecule has 0 saturated heterocycles. The normalized spacial score (nSPS) is 26.7. The predicted octanol–water partition coefficient (Wildman–Crippen LogP) is 2.71. The first-order valence-electron chi connectivity index (χ1n) is 6.66. The van der Waals surface area contributed by atoms with E-state index in [-0.39, 0.29) is 5.54 Å². The summed E-state index contributed by atoms with van der Waals surface area (Å²) >= 11 is 0. The zero-order valence-electron chi connectivity index (χ0n) is 11.6. The number of rotatable bonds is 5. The summed E-state index contributed by atoms with van der Waals surface area (Å²) in [6.45, 7) is 13.4. The van der Waals surface area contributed by atoms with Gasteiger partial charge in [0, 0.05) is 11.6 Å². The van der Waals surface area contributed by atoms with Gasteiger partial charge in [-0.2, -0.15) is 0 Å². The van der Waals surface area contributed by atoms with Crippen molar-refractivity contribution < 1.29 is 0 Å². The lowest BCUT2D eigenvalue weighted by Gasteiger charge is -2.40. The Kier molecular flexibility index (Phi) is 5.00. The maximum absolute atomic E-state index is 3.61. The average Bonchev–Trinajstić information content (AvgIpc) is 2.21. The Morgan fingerprint density at radius 1 is 1.31 bits per heavy atom. The first-order chi connectivity index (χ1) is 7.51. The molecule has 0 fully saturated rings. The van der Waals surface area contributed by atoms with Gasteiger partial charge in [0.05, 0.1) is 0 Å². The number of nitrogens with one attached hydrogen (secondary N) is 2. The highest BCUT2D eigenvalue weighted by Gasteiger charge is 2.32. The van der Waals surface area contributed by atoms with E-state index in [1.165, 1.54) is 18.4 Å². The molecule has 0 aromatic heterocycles. The highest BCUT2D eigenvalue weighted by molar-refractivity contribution is 5.14. The van der Waals surface area contributed by atoms with E-state index in [0.717, 1.165) is 19.0 Å². The smallest absolute Gasteiger partial charge is 0.0280 e. The maximum atomic E-state index is 3.61. The Bertz CT molecular complexity index is 243. The van der Waals surface area contributed by atoms with Gasteiger partial charge in [-0.15, -0.1) is 0 Å². The molecule has 2 nitrogen and oxygen atoms in total. The van der Waals surface area contributed by atoms with Crippen LogP contribution < -0.4 is 10.6 Å². The van der Waals surface area contributed by atoms with Crippen LogP contribution in [0.4, 0.5) is 0 Å². The van der Waals surface area contributed by atoms with Crippen molar-refractivity contribution in [2.45, 2.75) is 59.0 Å². The molecule has 1 rings (SSSR count). The molecule has 1 aliphatic carbocycles. The van der Waals surface area contributed by atoms with E-state index in [1.54, 1.807) is 0 Å². The molecule has 0 spiro atoms. The molecule has 0 bridgehead atoms. The van der Waals surface area contributed by atoms with Crippen LogP contribution in [-0.4, -0.2) is 24.7 Å². The number of hydrogen-bond donors (Lipinski definition) is 2. The van der Waals surface area contributed by atoms with Crippen LogP contribution in [0.5, 0.6) is 0 Å². The van der Waals surface area contributed by atoms with Crippen molar-refractivity contribution in [3.05, 3.63) is 11.6 Å². The Balaban J connectivity index is 2.65. The SMILES string of the molecule is CCN[C@@H]1C[C@H](C(C)(C)NCC)CC=C1C. The fourth-order valence-electron chi connectivity index (χ4n) is 2.72. The van der Waals surface area contributed by atoms with Crippen LogP contribution >= 0.6 is 0 Å². The fourth-order valence-corrected chi connectivity index (χ4v) is 2.72. The van der Waals surface area contributed by atoms with Crippen molar-refractivity contribution in [3.63, 3.8) is 0 Å². The molecule has 0 amide bonds. The standard InChI is InChI=1S/C14H28N2/c1-6-15-13-10-12(9-8-11(13)3)14(4,5)16-7-2/h8,12-13,15-16H,6-7,9-10H2,1-5H3/t12-,13-/m1/s1. The lowest BCUT2D eigenvalue weighted by atomic mass is 9.75. The van der Waals surface area contributed by atoms with Gasteiger partial charge in [0.1, 0.15) is 0 Å². The molecule has 0 aromatic rings. The van der Waals surface area contributed by atoms with Gasteiger partial charge in [0.25, 0.3) is 0 Å². The molecule has 0 aliphatic heterocycles. The van der Waals surface area contributed by atoms with Gasteiger partial charge in [-0.25, -0.2) is 0 Å². The third kappa shape index (κ3) is 3.33. The van der Waals surface area contributed by atoms with E-state index in [0.29, 0.717) is 6.04 Å². The molecule has 0 saturated carbocycles. The summed E-state index contributed by atoms with van der Waals surface area (Å²) in [7, 11) is 0. The van der Waals surface area contributed by atoms with Gasteiger partial charge in [-0.05, 0) is 52.6 Å². The minimum Gasteiger partial charge on any atom is -0.312 e. The van der Waals surface area contributed by atoms with Crippen LogP contribution in [0.25, 0.3) is 0 Å². The van der Waals surface area contributed by atoms with Gasteiger partial charge in [-0.1, -0.05) is 25.5 Å². The van der Waals surface area contributed by atoms with E-state index in [9.17, 15) is 0 Å². The first-order valence-corrected chi connectivity index (χ1v) is 6.66. The highest BCUT2D eigenvalue weighted by atomic mass is 15.0. The second-order valence-electron chi connectivity index (χ2n) is 5.48. The zero-order valence-corrected chi connectivity index (χ0v) is 11.6. The van der Waals surface area contributed by atoms with Crippen molar-refractivity contribution >= 4 is 0 Å². The Morgan fingerprint density at radius 2 is 2.00 bits per heavy atom. The van der Waals surface area contributed by atoms with Gasteiger partial charge in [0.2, 0.25) is 0 Å². The molecular weight excluding hydrogens is 196 g/mol. The van der Waals surface area contributed by atoms with Crippen molar-refractivity contribution in [2.75, 3.05) is 13.1 Å². The second-order valence-corrected chi connectivity index (χ2v) is 5.48. The van der Waals surface area contributed by atoms with Gasteiger partial charge >= 0.3 is 0 Å². The monoisotopic (exact) mass is 224 g/mol. The van der Waals surface area contributed by atoms with E-state index in [2.05, 4.69) is 51.3 Å². The largest absolute Gasteiger partial charge is 0.312 e. The third-order valence-electron chi connectivity index (χ3n) is 3.90. The average molecular weight is 224 g/mol. The molecule has 0 heterocycles. The van der Waals surface area contributed by atoms with Crippen molar-refractivity contribution in [1.82, 2.24) is 10.6 Å². The molecular formula is C14H28N2. The Morgan fingerprint density at radius 3 is 2.56 bits per heavy atom.